The van der Waals surface area contributed by atoms with Crippen LogP contribution in [0.3, 0.4) is 0 Å². The molecule has 18 heavy (non-hydrogen) atoms. The number of nitrogens with one attached hydrogen (secondary N) is 1. The molecule has 0 amide bonds. The smallest absolute Gasteiger partial charge is 0.0335 e. The molecule has 1 saturated carbocycles. The van der Waals surface area contributed by atoms with Gasteiger partial charge >= 0.3 is 0 Å². The van der Waals surface area contributed by atoms with Gasteiger partial charge in [-0.2, -0.15) is 0 Å². The first-order chi connectivity index (χ1) is 8.79. The van der Waals surface area contributed by atoms with Crippen LogP contribution in [0.2, 0.25) is 0 Å². The van der Waals surface area contributed by atoms with Crippen molar-refractivity contribution < 1.29 is 0 Å². The van der Waals surface area contributed by atoms with E-state index in [0.717, 1.165) is 12.5 Å². The molecule has 1 heterocycles. The van der Waals surface area contributed by atoms with Crippen molar-refractivity contribution in [1.82, 2.24) is 10.3 Å². The molecular weight excluding hydrogens is 220 g/mol. The van der Waals surface area contributed by atoms with Gasteiger partial charge in [-0.25, -0.2) is 0 Å². The van der Waals surface area contributed by atoms with Crippen LogP contribution in [0.1, 0.15) is 62.6 Å². The molecule has 0 saturated heterocycles. The van der Waals surface area contributed by atoms with Crippen LogP contribution in [0.5, 0.6) is 0 Å². The van der Waals surface area contributed by atoms with Gasteiger partial charge in [0.25, 0.3) is 0 Å². The van der Waals surface area contributed by atoms with Crippen molar-refractivity contribution in [2.45, 2.75) is 58.4 Å². The van der Waals surface area contributed by atoms with Crippen LogP contribution in [-0.2, 0) is 0 Å². The third-order valence-electron chi connectivity index (χ3n) is 4.09. The van der Waals surface area contributed by atoms with Crippen LogP contribution in [0, 0.1) is 12.8 Å². The second-order valence-electron chi connectivity index (χ2n) is 5.63. The lowest BCUT2D eigenvalue weighted by atomic mass is 9.95. The molecule has 0 radical (unpaired) electrons. The first kappa shape index (κ1) is 13.5. The van der Waals surface area contributed by atoms with E-state index in [1.807, 2.05) is 12.4 Å². The minimum atomic E-state index is 0.489. The Morgan fingerprint density at radius 3 is 2.78 bits per heavy atom. The molecule has 100 valence electrons. The zero-order valence-corrected chi connectivity index (χ0v) is 11.8. The quantitative estimate of drug-likeness (QED) is 0.820. The predicted molar refractivity (Wildman–Crippen MR) is 76.6 cm³/mol. The maximum absolute atomic E-state index is 4.33. The van der Waals surface area contributed by atoms with E-state index in [2.05, 4.69) is 30.2 Å². The molecule has 0 spiro atoms. The van der Waals surface area contributed by atoms with Gasteiger partial charge in [0.2, 0.25) is 0 Å². The number of pyridine rings is 1. The molecule has 1 aliphatic rings. The lowest BCUT2D eigenvalue weighted by Crippen LogP contribution is -2.21. The third-order valence-corrected chi connectivity index (χ3v) is 4.09. The molecule has 1 atom stereocenters. The summed E-state index contributed by atoms with van der Waals surface area (Å²) >= 11 is 0. The van der Waals surface area contributed by atoms with Gasteiger partial charge in [-0.15, -0.1) is 0 Å². The SMILES string of the molecule is CCNC(CCC1CCCC1)c1cncc(C)c1. The summed E-state index contributed by atoms with van der Waals surface area (Å²) in [5.74, 6) is 0.976. The molecule has 1 fully saturated rings. The van der Waals surface area contributed by atoms with E-state index in [0.29, 0.717) is 6.04 Å². The first-order valence-electron chi connectivity index (χ1n) is 7.44. The van der Waals surface area contributed by atoms with E-state index in [1.54, 1.807) is 0 Å². The van der Waals surface area contributed by atoms with E-state index in [4.69, 9.17) is 0 Å². The minimum absolute atomic E-state index is 0.489. The highest BCUT2D eigenvalue weighted by atomic mass is 14.9. The van der Waals surface area contributed by atoms with E-state index in [9.17, 15) is 0 Å². The molecule has 1 aromatic heterocycles. The number of aryl methyl sites for hydroxylation is 1. The van der Waals surface area contributed by atoms with Gasteiger partial charge in [-0.1, -0.05) is 38.7 Å². The van der Waals surface area contributed by atoms with E-state index in [1.165, 1.54) is 49.7 Å². The summed E-state index contributed by atoms with van der Waals surface area (Å²) in [4.78, 5) is 4.33. The molecule has 1 N–H and O–H groups in total. The van der Waals surface area contributed by atoms with Gasteiger partial charge in [0, 0.05) is 18.4 Å². The topological polar surface area (TPSA) is 24.9 Å². The molecule has 0 bridgehead atoms. The monoisotopic (exact) mass is 246 g/mol. The van der Waals surface area contributed by atoms with E-state index < -0.39 is 0 Å². The third kappa shape index (κ3) is 3.81. The molecule has 1 aromatic rings. The van der Waals surface area contributed by atoms with Gasteiger partial charge < -0.3 is 5.32 Å². The van der Waals surface area contributed by atoms with Crippen LogP contribution in [0.15, 0.2) is 18.5 Å². The molecule has 2 nitrogen and oxygen atoms in total. The van der Waals surface area contributed by atoms with Gasteiger partial charge in [0.1, 0.15) is 0 Å². The van der Waals surface area contributed by atoms with E-state index in [-0.39, 0.29) is 0 Å². The number of aromatic nitrogens is 1. The zero-order valence-electron chi connectivity index (χ0n) is 11.8. The molecule has 2 heteroatoms. The fourth-order valence-corrected chi connectivity index (χ4v) is 3.10. The average Bonchev–Trinajstić information content (AvgIpc) is 2.87. The van der Waals surface area contributed by atoms with Crippen LogP contribution < -0.4 is 5.32 Å². The number of rotatable bonds is 6. The predicted octanol–water partition coefficient (Wildman–Crippen LogP) is 4.01. The summed E-state index contributed by atoms with van der Waals surface area (Å²) in [5.41, 5.74) is 2.62. The summed E-state index contributed by atoms with van der Waals surface area (Å²) in [7, 11) is 0. The van der Waals surface area contributed by atoms with E-state index >= 15 is 0 Å². The first-order valence-corrected chi connectivity index (χ1v) is 7.44. The largest absolute Gasteiger partial charge is 0.310 e. The highest BCUT2D eigenvalue weighted by Crippen LogP contribution is 2.31. The lowest BCUT2D eigenvalue weighted by molar-refractivity contribution is 0.416. The number of nitrogens with zero attached hydrogens (tertiary/aromatic N) is 1. The van der Waals surface area contributed by atoms with Crippen molar-refractivity contribution in [3.05, 3.63) is 29.6 Å². The molecule has 0 aliphatic heterocycles. The Bertz CT molecular complexity index is 356. The standard InChI is InChI=1S/C16H26N2/c1-3-18-16(9-8-14-6-4-5-7-14)15-10-13(2)11-17-12-15/h10-12,14,16,18H,3-9H2,1-2H3. The second kappa shape index (κ2) is 6.89. The van der Waals surface area contributed by atoms with Crippen molar-refractivity contribution in [3.63, 3.8) is 0 Å². The summed E-state index contributed by atoms with van der Waals surface area (Å²) in [6.07, 6.45) is 12.4. The molecule has 2 rings (SSSR count). The molecular formula is C16H26N2. The van der Waals surface area contributed by atoms with Gasteiger partial charge in [-0.05, 0) is 43.4 Å². The second-order valence-corrected chi connectivity index (χ2v) is 5.63. The van der Waals surface area contributed by atoms with Crippen molar-refractivity contribution >= 4 is 0 Å². The molecule has 1 unspecified atom stereocenters. The summed E-state index contributed by atoms with van der Waals surface area (Å²) < 4.78 is 0. The lowest BCUT2D eigenvalue weighted by Gasteiger charge is -2.20. The number of hydrogen-bond acceptors (Lipinski definition) is 2. The Kier molecular flexibility index (Phi) is 5.18. The Morgan fingerprint density at radius 1 is 1.33 bits per heavy atom. The van der Waals surface area contributed by atoms with Crippen LogP contribution in [0.4, 0.5) is 0 Å². The Morgan fingerprint density at radius 2 is 2.11 bits per heavy atom. The van der Waals surface area contributed by atoms with Crippen molar-refractivity contribution in [2.75, 3.05) is 6.54 Å². The maximum Gasteiger partial charge on any atom is 0.0335 e. The number of hydrogen-bond donors (Lipinski definition) is 1. The summed E-state index contributed by atoms with van der Waals surface area (Å²) in [6, 6.07) is 2.76. The average molecular weight is 246 g/mol. The van der Waals surface area contributed by atoms with Crippen molar-refractivity contribution in [3.8, 4) is 0 Å². The van der Waals surface area contributed by atoms with Crippen LogP contribution in [-0.4, -0.2) is 11.5 Å². The van der Waals surface area contributed by atoms with Crippen molar-refractivity contribution in [2.24, 2.45) is 5.92 Å². The Labute approximate surface area is 111 Å². The van der Waals surface area contributed by atoms with Gasteiger partial charge in [-0.3, -0.25) is 4.98 Å². The molecule has 1 aliphatic carbocycles. The fraction of sp³-hybridized carbons (Fsp3) is 0.688. The Hall–Kier alpha value is -0.890. The highest BCUT2D eigenvalue weighted by molar-refractivity contribution is 5.20. The van der Waals surface area contributed by atoms with Gasteiger partial charge in [0.15, 0.2) is 0 Å². The maximum atomic E-state index is 4.33. The minimum Gasteiger partial charge on any atom is -0.310 e. The highest BCUT2D eigenvalue weighted by Gasteiger charge is 2.18. The Balaban J connectivity index is 1.94. The molecule has 0 aromatic carbocycles. The van der Waals surface area contributed by atoms with Crippen molar-refractivity contribution in [1.29, 1.82) is 0 Å². The zero-order chi connectivity index (χ0) is 12.8. The fourth-order valence-electron chi connectivity index (χ4n) is 3.10. The summed E-state index contributed by atoms with van der Waals surface area (Å²) in [5, 5.41) is 3.61. The van der Waals surface area contributed by atoms with Crippen LogP contribution >= 0.6 is 0 Å². The van der Waals surface area contributed by atoms with Gasteiger partial charge in [0.05, 0.1) is 0 Å². The van der Waals surface area contributed by atoms with Crippen LogP contribution in [0.25, 0.3) is 0 Å². The summed E-state index contributed by atoms with van der Waals surface area (Å²) in [6.45, 7) is 5.34. The normalized spacial score (nSPS) is 18.1.